The van der Waals surface area contributed by atoms with Crippen LogP contribution in [0.2, 0.25) is 0 Å². The van der Waals surface area contributed by atoms with E-state index in [0.29, 0.717) is 42.5 Å². The van der Waals surface area contributed by atoms with E-state index in [1.165, 1.54) is 25.9 Å². The summed E-state index contributed by atoms with van der Waals surface area (Å²) in [5, 5.41) is 0. The molecular weight excluding hydrogens is 402 g/mol. The van der Waals surface area contributed by atoms with E-state index in [1.54, 1.807) is 0 Å². The van der Waals surface area contributed by atoms with Crippen LogP contribution >= 0.6 is 0 Å². The van der Waals surface area contributed by atoms with Crippen LogP contribution in [0, 0.1) is 34.5 Å². The summed E-state index contributed by atoms with van der Waals surface area (Å²) in [6.07, 6.45) is 10.4. The minimum absolute atomic E-state index is 0.0342. The zero-order valence-corrected chi connectivity index (χ0v) is 20.3. The van der Waals surface area contributed by atoms with Gasteiger partial charge in [-0.05, 0) is 87.6 Å². The summed E-state index contributed by atoms with van der Waals surface area (Å²) in [5.74, 6) is 2.51. The molecule has 5 aliphatic rings. The standard InChI is InChI=1S/C27H43NO4/c1-26-10-9-22-20(21(26)7-8-25(26)30)17-24(29)23-6-5-19(18-27(22,23)2)32-16-15-31-14-13-28-11-3-4-12-28/h19-23H,3-18H2,1-2H3/t19?,20-,21-,22-,23+,26-,27+/m0/s1. The van der Waals surface area contributed by atoms with Crippen molar-refractivity contribution in [3.63, 3.8) is 0 Å². The highest BCUT2D eigenvalue weighted by Crippen LogP contribution is 2.64. The SMILES string of the molecule is C[C@]12CC(OCCOCCN3CCCC3)CC[C@@H]1C(=O)C[C@@H]1[C@@H]2CC[C@]2(C)C(=O)CC[C@@H]12. The molecule has 5 nitrogen and oxygen atoms in total. The Morgan fingerprint density at radius 1 is 0.969 bits per heavy atom. The molecule has 32 heavy (non-hydrogen) atoms. The second kappa shape index (κ2) is 9.11. The molecule has 0 radical (unpaired) electrons. The Bertz CT molecular complexity index is 718. The number of nitrogens with zero attached hydrogens (tertiary/aromatic N) is 1. The fourth-order valence-electron chi connectivity index (χ4n) is 8.61. The van der Waals surface area contributed by atoms with Gasteiger partial charge in [-0.3, -0.25) is 9.59 Å². The quantitative estimate of drug-likeness (QED) is 0.548. The lowest BCUT2D eigenvalue weighted by Gasteiger charge is -2.59. The summed E-state index contributed by atoms with van der Waals surface area (Å²) in [5.41, 5.74) is -0.131. The smallest absolute Gasteiger partial charge is 0.139 e. The van der Waals surface area contributed by atoms with Crippen molar-refractivity contribution in [2.45, 2.75) is 84.2 Å². The molecular formula is C27H43NO4. The highest BCUT2D eigenvalue weighted by molar-refractivity contribution is 5.88. The number of hydrogen-bond acceptors (Lipinski definition) is 5. The van der Waals surface area contributed by atoms with Gasteiger partial charge in [-0.2, -0.15) is 0 Å². The third-order valence-corrected chi connectivity index (χ3v) is 10.4. The zero-order chi connectivity index (χ0) is 22.3. The maximum absolute atomic E-state index is 13.3. The Kier molecular flexibility index (Phi) is 6.54. The number of ether oxygens (including phenoxy) is 2. The Balaban J connectivity index is 1.16. The van der Waals surface area contributed by atoms with Crippen LogP contribution in [0.25, 0.3) is 0 Å². The van der Waals surface area contributed by atoms with E-state index in [2.05, 4.69) is 18.7 Å². The maximum Gasteiger partial charge on any atom is 0.139 e. The van der Waals surface area contributed by atoms with E-state index in [1.807, 2.05) is 0 Å². The summed E-state index contributed by atoms with van der Waals surface area (Å²) in [6.45, 7) is 10.2. The molecule has 0 aromatic heterocycles. The van der Waals surface area contributed by atoms with E-state index >= 15 is 0 Å². The fraction of sp³-hybridized carbons (Fsp3) is 0.926. The number of hydrogen-bond donors (Lipinski definition) is 0. The minimum atomic E-state index is -0.165. The van der Waals surface area contributed by atoms with E-state index in [-0.39, 0.29) is 22.9 Å². The monoisotopic (exact) mass is 445 g/mol. The summed E-state index contributed by atoms with van der Waals surface area (Å²) in [4.78, 5) is 28.4. The number of carbonyl (C=O) groups is 2. The Hall–Kier alpha value is -0.780. The Morgan fingerprint density at radius 2 is 1.78 bits per heavy atom. The molecule has 0 N–H and O–H groups in total. The van der Waals surface area contributed by atoms with Gasteiger partial charge in [0.25, 0.3) is 0 Å². The number of likely N-dealkylation sites (tertiary alicyclic amines) is 1. The van der Waals surface area contributed by atoms with Crippen LogP contribution in [0.1, 0.15) is 78.1 Å². The molecule has 4 aliphatic carbocycles. The molecule has 0 aromatic rings. The van der Waals surface area contributed by atoms with Crippen LogP contribution in [-0.2, 0) is 19.1 Å². The summed E-state index contributed by atoms with van der Waals surface area (Å²) < 4.78 is 12.1. The summed E-state index contributed by atoms with van der Waals surface area (Å²) in [6, 6.07) is 0. The number of carbonyl (C=O) groups excluding carboxylic acids is 2. The fourth-order valence-corrected chi connectivity index (χ4v) is 8.61. The van der Waals surface area contributed by atoms with Crippen LogP contribution < -0.4 is 0 Å². The normalized spacial score (nSPS) is 44.4. The second-order valence-corrected chi connectivity index (χ2v) is 12.0. The van der Waals surface area contributed by atoms with Gasteiger partial charge in [0.2, 0.25) is 0 Å². The van der Waals surface area contributed by atoms with Gasteiger partial charge >= 0.3 is 0 Å². The van der Waals surface area contributed by atoms with E-state index in [9.17, 15) is 9.59 Å². The number of fused-ring (bicyclic) bond motifs is 5. The minimum Gasteiger partial charge on any atom is -0.378 e. The van der Waals surface area contributed by atoms with Crippen molar-refractivity contribution in [2.75, 3.05) is 39.5 Å². The highest BCUT2D eigenvalue weighted by atomic mass is 16.5. The van der Waals surface area contributed by atoms with Gasteiger partial charge in [-0.1, -0.05) is 13.8 Å². The van der Waals surface area contributed by atoms with Gasteiger partial charge in [0.15, 0.2) is 0 Å². The van der Waals surface area contributed by atoms with Crippen molar-refractivity contribution in [1.82, 2.24) is 4.90 Å². The van der Waals surface area contributed by atoms with Crippen LogP contribution in [0.4, 0.5) is 0 Å². The maximum atomic E-state index is 13.3. The Morgan fingerprint density at radius 3 is 2.59 bits per heavy atom. The highest BCUT2D eigenvalue weighted by Gasteiger charge is 2.62. The molecule has 4 saturated carbocycles. The van der Waals surface area contributed by atoms with Gasteiger partial charge in [-0.25, -0.2) is 0 Å². The van der Waals surface area contributed by atoms with Crippen molar-refractivity contribution < 1.29 is 19.1 Å². The number of Topliss-reactive ketones (excluding diaryl/α,β-unsaturated/α-hetero) is 2. The van der Waals surface area contributed by atoms with Crippen molar-refractivity contribution in [3.05, 3.63) is 0 Å². The predicted molar refractivity (Wildman–Crippen MR) is 123 cm³/mol. The molecule has 0 spiro atoms. The molecule has 180 valence electrons. The number of ketones is 2. The molecule has 5 rings (SSSR count). The molecule has 0 bridgehead atoms. The second-order valence-electron chi connectivity index (χ2n) is 12.0. The zero-order valence-electron chi connectivity index (χ0n) is 20.3. The van der Waals surface area contributed by atoms with Gasteiger partial charge in [0.05, 0.1) is 25.9 Å². The number of rotatable bonds is 7. The first-order valence-electron chi connectivity index (χ1n) is 13.4. The lowest BCUT2D eigenvalue weighted by atomic mass is 9.45. The van der Waals surface area contributed by atoms with Crippen molar-refractivity contribution >= 4 is 11.6 Å². The molecule has 1 heterocycles. The van der Waals surface area contributed by atoms with E-state index < -0.39 is 0 Å². The third kappa shape index (κ3) is 4.01. The van der Waals surface area contributed by atoms with Gasteiger partial charge in [0, 0.05) is 30.7 Å². The summed E-state index contributed by atoms with van der Waals surface area (Å²) in [7, 11) is 0. The van der Waals surface area contributed by atoms with Crippen molar-refractivity contribution in [2.24, 2.45) is 34.5 Å². The van der Waals surface area contributed by atoms with Gasteiger partial charge < -0.3 is 14.4 Å². The van der Waals surface area contributed by atoms with Crippen LogP contribution in [-0.4, -0.2) is 62.0 Å². The largest absolute Gasteiger partial charge is 0.378 e. The molecule has 1 unspecified atom stereocenters. The molecule has 5 heteroatoms. The molecule has 0 aromatic carbocycles. The first-order valence-corrected chi connectivity index (χ1v) is 13.4. The summed E-state index contributed by atoms with van der Waals surface area (Å²) >= 11 is 0. The first kappa shape index (κ1) is 23.0. The predicted octanol–water partition coefficient (Wildman–Crippen LogP) is 4.27. The molecule has 1 saturated heterocycles. The average molecular weight is 446 g/mol. The van der Waals surface area contributed by atoms with E-state index in [4.69, 9.17) is 9.47 Å². The molecule has 0 amide bonds. The molecule has 7 atom stereocenters. The Labute approximate surface area is 194 Å². The van der Waals surface area contributed by atoms with E-state index in [0.717, 1.165) is 64.5 Å². The first-order chi connectivity index (χ1) is 15.4. The van der Waals surface area contributed by atoms with Gasteiger partial charge in [0.1, 0.15) is 11.6 Å². The third-order valence-electron chi connectivity index (χ3n) is 10.4. The van der Waals surface area contributed by atoms with Crippen molar-refractivity contribution in [3.8, 4) is 0 Å². The molecule has 5 fully saturated rings. The lowest BCUT2D eigenvalue weighted by Crippen LogP contribution is -2.57. The van der Waals surface area contributed by atoms with Crippen LogP contribution in [0.5, 0.6) is 0 Å². The van der Waals surface area contributed by atoms with Crippen molar-refractivity contribution in [1.29, 1.82) is 0 Å². The molecule has 1 aliphatic heterocycles. The average Bonchev–Trinajstić information content (AvgIpc) is 3.38. The van der Waals surface area contributed by atoms with Crippen LogP contribution in [0.3, 0.4) is 0 Å². The topological polar surface area (TPSA) is 55.8 Å². The van der Waals surface area contributed by atoms with Crippen LogP contribution in [0.15, 0.2) is 0 Å². The van der Waals surface area contributed by atoms with Gasteiger partial charge in [-0.15, -0.1) is 0 Å². The lowest BCUT2D eigenvalue weighted by molar-refractivity contribution is -0.164.